The molecule has 1 saturated carbocycles. The largest absolute Gasteiger partial charge is 0.390 e. The Morgan fingerprint density at radius 1 is 1.38 bits per heavy atom. The fraction of sp³-hybridized carbons (Fsp3) is 0.733. The lowest BCUT2D eigenvalue weighted by Crippen LogP contribution is -2.42. The van der Waals surface area contributed by atoms with Gasteiger partial charge < -0.3 is 9.67 Å². The van der Waals surface area contributed by atoms with Crippen LogP contribution in [-0.4, -0.2) is 35.5 Å². The molecule has 0 spiro atoms. The zero-order valence-corrected chi connectivity index (χ0v) is 13.9. The van der Waals surface area contributed by atoms with Gasteiger partial charge in [0.15, 0.2) is 0 Å². The summed E-state index contributed by atoms with van der Waals surface area (Å²) in [4.78, 5) is 0.286. The Labute approximate surface area is 127 Å². The lowest BCUT2D eigenvalue weighted by atomic mass is 9.86. The molecule has 0 saturated heterocycles. The van der Waals surface area contributed by atoms with Crippen LogP contribution in [0.25, 0.3) is 0 Å². The van der Waals surface area contributed by atoms with Crippen molar-refractivity contribution in [3.63, 3.8) is 0 Å². The summed E-state index contributed by atoms with van der Waals surface area (Å²) in [5.74, 6) is 0.393. The Morgan fingerprint density at radius 3 is 2.57 bits per heavy atom. The molecule has 0 amide bonds. The van der Waals surface area contributed by atoms with Gasteiger partial charge in [0.1, 0.15) is 4.90 Å². The van der Waals surface area contributed by atoms with E-state index >= 15 is 0 Å². The highest BCUT2D eigenvalue weighted by Crippen LogP contribution is 2.31. The van der Waals surface area contributed by atoms with Crippen LogP contribution in [0, 0.1) is 5.92 Å². The molecule has 5 nitrogen and oxygen atoms in total. The number of rotatable bonds is 5. The first-order valence-corrected chi connectivity index (χ1v) is 9.13. The van der Waals surface area contributed by atoms with Crippen molar-refractivity contribution in [3.8, 4) is 0 Å². The second-order valence-corrected chi connectivity index (χ2v) is 7.96. The second kappa shape index (κ2) is 6.50. The highest BCUT2D eigenvalue weighted by Gasteiger charge is 2.33. The number of hydrogen-bond donors (Lipinski definition) is 1. The van der Waals surface area contributed by atoms with Crippen molar-refractivity contribution in [2.45, 2.75) is 63.6 Å². The normalized spacial score (nSPS) is 23.7. The first-order valence-electron chi connectivity index (χ1n) is 7.69. The standard InChI is InChI=1S/C15H26N2O3S/c1-4-17-10-14(9-13(17)11-18)21(19,20)16(3)15-8-6-5-7-12(15)2/h9-10,12,15,18H,4-8,11H2,1-3H3. The van der Waals surface area contributed by atoms with E-state index in [4.69, 9.17) is 0 Å². The molecule has 1 aromatic heterocycles. The van der Waals surface area contributed by atoms with Gasteiger partial charge in [-0.15, -0.1) is 0 Å². The predicted octanol–water partition coefficient (Wildman–Crippen LogP) is 2.20. The highest BCUT2D eigenvalue weighted by molar-refractivity contribution is 7.89. The van der Waals surface area contributed by atoms with Crippen molar-refractivity contribution in [1.29, 1.82) is 0 Å². The van der Waals surface area contributed by atoms with Gasteiger partial charge in [0.2, 0.25) is 10.0 Å². The van der Waals surface area contributed by atoms with Crippen LogP contribution in [0.4, 0.5) is 0 Å². The van der Waals surface area contributed by atoms with Crippen molar-refractivity contribution in [2.24, 2.45) is 5.92 Å². The molecule has 1 aliphatic rings. The second-order valence-electron chi connectivity index (χ2n) is 5.96. The van der Waals surface area contributed by atoms with Crippen molar-refractivity contribution < 1.29 is 13.5 Å². The van der Waals surface area contributed by atoms with E-state index in [1.807, 2.05) is 6.92 Å². The smallest absolute Gasteiger partial charge is 0.244 e. The molecule has 0 aliphatic heterocycles. The van der Waals surface area contributed by atoms with Crippen molar-refractivity contribution in [2.75, 3.05) is 7.05 Å². The summed E-state index contributed by atoms with van der Waals surface area (Å²) >= 11 is 0. The van der Waals surface area contributed by atoms with Crippen LogP contribution in [0.15, 0.2) is 17.2 Å². The molecule has 0 radical (unpaired) electrons. The minimum Gasteiger partial charge on any atom is -0.390 e. The molecular weight excluding hydrogens is 288 g/mol. The fourth-order valence-corrected chi connectivity index (χ4v) is 4.82. The van der Waals surface area contributed by atoms with E-state index in [9.17, 15) is 13.5 Å². The molecule has 0 aromatic carbocycles. The zero-order valence-electron chi connectivity index (χ0n) is 13.1. The maximum Gasteiger partial charge on any atom is 0.244 e. The number of aryl methyl sites for hydroxylation is 1. The minimum atomic E-state index is -3.49. The molecule has 120 valence electrons. The van der Waals surface area contributed by atoms with Gasteiger partial charge in [0.05, 0.1) is 6.61 Å². The van der Waals surface area contributed by atoms with Crippen molar-refractivity contribution >= 4 is 10.0 Å². The summed E-state index contributed by atoms with van der Waals surface area (Å²) < 4.78 is 28.9. The highest BCUT2D eigenvalue weighted by atomic mass is 32.2. The molecule has 2 atom stereocenters. The van der Waals surface area contributed by atoms with Crippen LogP contribution >= 0.6 is 0 Å². The lowest BCUT2D eigenvalue weighted by Gasteiger charge is -2.35. The first-order chi connectivity index (χ1) is 9.91. The third-order valence-corrected chi connectivity index (χ3v) is 6.52. The van der Waals surface area contributed by atoms with Gasteiger partial charge in [-0.05, 0) is 31.7 Å². The Morgan fingerprint density at radius 2 is 2.05 bits per heavy atom. The van der Waals surface area contributed by atoms with Gasteiger partial charge in [0.25, 0.3) is 0 Å². The van der Waals surface area contributed by atoms with Gasteiger partial charge in [0, 0.05) is 31.5 Å². The van der Waals surface area contributed by atoms with Crippen LogP contribution in [0.2, 0.25) is 0 Å². The van der Waals surface area contributed by atoms with Crippen molar-refractivity contribution in [1.82, 2.24) is 8.87 Å². The van der Waals surface area contributed by atoms with Crippen LogP contribution in [0.3, 0.4) is 0 Å². The average Bonchev–Trinajstić information content (AvgIpc) is 2.91. The Bertz CT molecular complexity index is 558. The predicted molar refractivity (Wildman–Crippen MR) is 82.4 cm³/mol. The molecule has 1 aromatic rings. The minimum absolute atomic E-state index is 0.0753. The molecular formula is C15H26N2O3S. The summed E-state index contributed by atoms with van der Waals surface area (Å²) in [5, 5.41) is 9.33. The number of sulfonamides is 1. The van der Waals surface area contributed by atoms with E-state index in [1.54, 1.807) is 23.9 Å². The molecule has 21 heavy (non-hydrogen) atoms. The van der Waals surface area contributed by atoms with E-state index in [-0.39, 0.29) is 17.5 Å². The maximum absolute atomic E-state index is 12.8. The molecule has 1 aliphatic carbocycles. The fourth-order valence-electron chi connectivity index (χ4n) is 3.27. The SMILES string of the molecule is CCn1cc(S(=O)(=O)N(C)C2CCCCC2C)cc1CO. The van der Waals surface area contributed by atoms with E-state index in [1.165, 1.54) is 10.7 Å². The van der Waals surface area contributed by atoms with Crippen LogP contribution in [0.5, 0.6) is 0 Å². The van der Waals surface area contributed by atoms with Gasteiger partial charge in [-0.1, -0.05) is 19.8 Å². The van der Waals surface area contributed by atoms with Crippen LogP contribution in [0.1, 0.15) is 45.2 Å². The molecule has 6 heteroatoms. The first kappa shape index (κ1) is 16.5. The molecule has 1 N–H and O–H groups in total. The lowest BCUT2D eigenvalue weighted by molar-refractivity contribution is 0.213. The van der Waals surface area contributed by atoms with E-state index in [2.05, 4.69) is 6.92 Å². The number of hydrogen-bond acceptors (Lipinski definition) is 3. The Balaban J connectivity index is 2.30. The Kier molecular flexibility index (Phi) is 5.11. The van der Waals surface area contributed by atoms with Gasteiger partial charge in [-0.3, -0.25) is 0 Å². The van der Waals surface area contributed by atoms with E-state index in [0.29, 0.717) is 18.2 Å². The summed E-state index contributed by atoms with van der Waals surface area (Å²) in [6.45, 7) is 4.57. The number of nitrogens with zero attached hydrogens (tertiary/aromatic N) is 2. The van der Waals surface area contributed by atoms with Crippen molar-refractivity contribution in [3.05, 3.63) is 18.0 Å². The summed E-state index contributed by atoms with van der Waals surface area (Å²) in [5.41, 5.74) is 0.640. The van der Waals surface area contributed by atoms with Gasteiger partial charge in [-0.25, -0.2) is 8.42 Å². The van der Waals surface area contributed by atoms with E-state index in [0.717, 1.165) is 19.3 Å². The summed E-state index contributed by atoms with van der Waals surface area (Å²) in [6, 6.07) is 1.66. The number of aliphatic hydroxyl groups excluding tert-OH is 1. The van der Waals surface area contributed by atoms with Crippen LogP contribution < -0.4 is 0 Å². The van der Waals surface area contributed by atoms with Crippen LogP contribution in [-0.2, 0) is 23.2 Å². The summed E-state index contributed by atoms with van der Waals surface area (Å²) in [7, 11) is -1.81. The molecule has 1 heterocycles. The maximum atomic E-state index is 12.8. The van der Waals surface area contributed by atoms with Gasteiger partial charge in [-0.2, -0.15) is 4.31 Å². The summed E-state index contributed by atoms with van der Waals surface area (Å²) in [6.07, 6.45) is 5.92. The van der Waals surface area contributed by atoms with Gasteiger partial charge >= 0.3 is 0 Å². The third kappa shape index (κ3) is 3.17. The zero-order chi connectivity index (χ0) is 15.6. The topological polar surface area (TPSA) is 62.5 Å². The number of aliphatic hydroxyl groups is 1. The average molecular weight is 314 g/mol. The monoisotopic (exact) mass is 314 g/mol. The quantitative estimate of drug-likeness (QED) is 0.906. The third-order valence-electron chi connectivity index (χ3n) is 4.67. The molecule has 2 unspecified atom stereocenters. The molecule has 0 bridgehead atoms. The Hall–Kier alpha value is -0.850. The molecule has 2 rings (SSSR count). The number of aromatic nitrogens is 1. The molecule has 1 fully saturated rings. The van der Waals surface area contributed by atoms with E-state index < -0.39 is 10.0 Å².